The number of nitrogens with one attached hydrogen (secondary N) is 1. The molecule has 4 bridgehead atoms. The number of carbonyl (C=O) groups is 2. The number of ether oxygens (including phenoxy) is 3. The zero-order valence-corrected chi connectivity index (χ0v) is 17.4. The second kappa shape index (κ2) is 8.25. The largest absolute Gasteiger partial charge is 0.493 e. The smallest absolute Gasteiger partial charge is 0.343 e. The minimum absolute atomic E-state index is 0.104. The van der Waals surface area contributed by atoms with Crippen LogP contribution in [0.2, 0.25) is 0 Å². The highest BCUT2D eigenvalue weighted by Gasteiger charge is 2.50. The summed E-state index contributed by atoms with van der Waals surface area (Å²) < 4.78 is 15.3. The molecule has 0 aliphatic heterocycles. The molecular weight excluding hydrogens is 370 g/mol. The van der Waals surface area contributed by atoms with Crippen LogP contribution < -0.4 is 14.8 Å². The summed E-state index contributed by atoms with van der Waals surface area (Å²) in [4.78, 5) is 23.9. The zero-order valence-electron chi connectivity index (χ0n) is 17.4. The first-order chi connectivity index (χ1) is 14.0. The highest BCUT2D eigenvalue weighted by Crippen LogP contribution is 2.61. The van der Waals surface area contributed by atoms with E-state index in [0.717, 1.165) is 24.2 Å². The lowest BCUT2D eigenvalue weighted by molar-refractivity contribution is -0.142. The van der Waals surface area contributed by atoms with E-state index in [4.69, 9.17) is 9.47 Å². The Balaban J connectivity index is 1.32. The Morgan fingerprint density at radius 2 is 1.69 bits per heavy atom. The van der Waals surface area contributed by atoms with Gasteiger partial charge in [0.2, 0.25) is 0 Å². The highest BCUT2D eigenvalue weighted by molar-refractivity contribution is 5.94. The first-order valence-electron chi connectivity index (χ1n) is 10.7. The Kier molecular flexibility index (Phi) is 5.70. The fourth-order valence-corrected chi connectivity index (χ4v) is 6.26. The van der Waals surface area contributed by atoms with Gasteiger partial charge >= 0.3 is 5.97 Å². The van der Waals surface area contributed by atoms with Gasteiger partial charge in [-0.1, -0.05) is 0 Å². The molecule has 0 saturated heterocycles. The summed E-state index contributed by atoms with van der Waals surface area (Å²) in [7, 11) is 2.81. The minimum Gasteiger partial charge on any atom is -0.493 e. The quantitative estimate of drug-likeness (QED) is 0.674. The van der Waals surface area contributed by atoms with E-state index in [0.29, 0.717) is 29.0 Å². The summed E-state index contributed by atoms with van der Waals surface area (Å²) in [6, 6.07) is 4.98. The lowest BCUT2D eigenvalue weighted by Gasteiger charge is -2.57. The number of hydrogen-bond donors (Lipinski definition) is 1. The van der Waals surface area contributed by atoms with Crippen molar-refractivity contribution >= 4 is 11.9 Å². The normalized spacial score (nSPS) is 29.4. The molecule has 6 nitrogen and oxygen atoms in total. The van der Waals surface area contributed by atoms with Crippen molar-refractivity contribution < 1.29 is 23.8 Å². The van der Waals surface area contributed by atoms with Gasteiger partial charge in [-0.05, 0) is 86.3 Å². The van der Waals surface area contributed by atoms with E-state index in [1.807, 2.05) is 0 Å². The molecule has 4 aliphatic rings. The van der Waals surface area contributed by atoms with Crippen molar-refractivity contribution in [3.63, 3.8) is 0 Å². The topological polar surface area (TPSA) is 73.9 Å². The molecule has 0 spiro atoms. The van der Waals surface area contributed by atoms with Crippen LogP contribution in [-0.4, -0.2) is 39.2 Å². The molecule has 0 heterocycles. The zero-order chi connectivity index (χ0) is 20.4. The van der Waals surface area contributed by atoms with Gasteiger partial charge in [-0.15, -0.1) is 0 Å². The molecule has 0 atom stereocenters. The Morgan fingerprint density at radius 3 is 2.28 bits per heavy atom. The highest BCUT2D eigenvalue weighted by atomic mass is 16.6. The van der Waals surface area contributed by atoms with Gasteiger partial charge in [-0.25, -0.2) is 4.79 Å². The summed E-state index contributed by atoms with van der Waals surface area (Å²) in [5.41, 5.74) is 0.989. The number of esters is 1. The molecule has 158 valence electrons. The summed E-state index contributed by atoms with van der Waals surface area (Å²) >= 11 is 0. The lowest BCUT2D eigenvalue weighted by Crippen LogP contribution is -2.47. The van der Waals surface area contributed by atoms with Crippen LogP contribution in [0, 0.1) is 23.2 Å². The summed E-state index contributed by atoms with van der Waals surface area (Å²) in [5, 5.41) is 3.09. The molecule has 1 amide bonds. The van der Waals surface area contributed by atoms with Crippen LogP contribution in [0.5, 0.6) is 11.5 Å². The van der Waals surface area contributed by atoms with Crippen molar-refractivity contribution in [2.45, 2.75) is 44.9 Å². The van der Waals surface area contributed by atoms with Crippen molar-refractivity contribution in [3.05, 3.63) is 23.8 Å². The van der Waals surface area contributed by atoms with Gasteiger partial charge in [0.15, 0.2) is 18.1 Å². The third-order valence-electron chi connectivity index (χ3n) is 7.10. The van der Waals surface area contributed by atoms with E-state index in [1.54, 1.807) is 18.2 Å². The summed E-state index contributed by atoms with van der Waals surface area (Å²) in [5.74, 6) is 3.04. The SMILES string of the molecule is COC(=O)COc1ccc(C(=O)NCCC23CC4CC(CC(C4)C2)C3)cc1OC. The van der Waals surface area contributed by atoms with Crippen LogP contribution >= 0.6 is 0 Å². The molecule has 29 heavy (non-hydrogen) atoms. The van der Waals surface area contributed by atoms with Gasteiger partial charge in [0, 0.05) is 12.1 Å². The first-order valence-corrected chi connectivity index (χ1v) is 10.7. The number of rotatable bonds is 8. The Hall–Kier alpha value is -2.24. The predicted molar refractivity (Wildman–Crippen MR) is 108 cm³/mol. The van der Waals surface area contributed by atoms with E-state index in [9.17, 15) is 9.59 Å². The van der Waals surface area contributed by atoms with Crippen molar-refractivity contribution in [2.75, 3.05) is 27.4 Å². The molecule has 4 fully saturated rings. The number of hydrogen-bond acceptors (Lipinski definition) is 5. The standard InChI is InChI=1S/C23H31NO5/c1-27-20-10-18(3-4-19(20)29-14-21(25)28-2)22(26)24-6-5-23-11-15-7-16(12-23)9-17(8-15)13-23/h3-4,10,15-17H,5-9,11-14H2,1-2H3,(H,24,26). The minimum atomic E-state index is -0.474. The molecule has 0 unspecified atom stereocenters. The van der Waals surface area contributed by atoms with E-state index in [-0.39, 0.29) is 12.5 Å². The maximum Gasteiger partial charge on any atom is 0.343 e. The average Bonchev–Trinajstić information content (AvgIpc) is 2.70. The van der Waals surface area contributed by atoms with E-state index < -0.39 is 5.97 Å². The maximum absolute atomic E-state index is 12.6. The molecule has 1 aromatic carbocycles. The monoisotopic (exact) mass is 401 g/mol. The van der Waals surface area contributed by atoms with Crippen LogP contribution in [0.4, 0.5) is 0 Å². The lowest BCUT2D eigenvalue weighted by atomic mass is 9.49. The van der Waals surface area contributed by atoms with Crippen molar-refractivity contribution in [2.24, 2.45) is 23.2 Å². The van der Waals surface area contributed by atoms with E-state index in [2.05, 4.69) is 10.1 Å². The van der Waals surface area contributed by atoms with Gasteiger partial charge in [-0.2, -0.15) is 0 Å². The van der Waals surface area contributed by atoms with Crippen molar-refractivity contribution in [1.29, 1.82) is 0 Å². The molecule has 1 aromatic rings. The molecule has 4 aliphatic carbocycles. The average molecular weight is 402 g/mol. The van der Waals surface area contributed by atoms with Crippen LogP contribution in [0.1, 0.15) is 55.3 Å². The Labute approximate surface area is 172 Å². The summed E-state index contributed by atoms with van der Waals surface area (Å²) in [6.45, 7) is 0.511. The second-order valence-electron chi connectivity index (χ2n) is 9.15. The van der Waals surface area contributed by atoms with Crippen molar-refractivity contribution in [3.8, 4) is 11.5 Å². The Morgan fingerprint density at radius 1 is 1.03 bits per heavy atom. The predicted octanol–water partition coefficient (Wildman–Crippen LogP) is 3.58. The molecular formula is C23H31NO5. The van der Waals surface area contributed by atoms with Gasteiger partial charge in [0.05, 0.1) is 14.2 Å². The first kappa shape index (κ1) is 20.0. The fraction of sp³-hybridized carbons (Fsp3) is 0.652. The molecule has 6 heteroatoms. The molecule has 0 radical (unpaired) electrons. The third kappa shape index (κ3) is 4.36. The number of benzene rings is 1. The summed E-state index contributed by atoms with van der Waals surface area (Å²) in [6.07, 6.45) is 9.47. The number of amides is 1. The van der Waals surface area contributed by atoms with Crippen molar-refractivity contribution in [1.82, 2.24) is 5.32 Å². The number of carbonyl (C=O) groups excluding carboxylic acids is 2. The maximum atomic E-state index is 12.6. The molecule has 0 aromatic heterocycles. The van der Waals surface area contributed by atoms with Gasteiger partial charge in [-0.3, -0.25) is 4.79 Å². The number of methoxy groups -OCH3 is 2. The van der Waals surface area contributed by atoms with Gasteiger partial charge in [0.25, 0.3) is 5.91 Å². The van der Waals surface area contributed by atoms with Crippen LogP contribution in [-0.2, 0) is 9.53 Å². The Bertz CT molecular complexity index is 739. The molecule has 5 rings (SSSR count). The van der Waals surface area contributed by atoms with E-state index in [1.165, 1.54) is 52.7 Å². The van der Waals surface area contributed by atoms with Gasteiger partial charge in [0.1, 0.15) is 0 Å². The third-order valence-corrected chi connectivity index (χ3v) is 7.10. The second-order valence-corrected chi connectivity index (χ2v) is 9.15. The van der Waals surface area contributed by atoms with Crippen LogP contribution in [0.25, 0.3) is 0 Å². The van der Waals surface area contributed by atoms with Crippen LogP contribution in [0.3, 0.4) is 0 Å². The fourth-order valence-electron chi connectivity index (χ4n) is 6.26. The van der Waals surface area contributed by atoms with Crippen LogP contribution in [0.15, 0.2) is 18.2 Å². The van der Waals surface area contributed by atoms with Gasteiger partial charge < -0.3 is 19.5 Å². The molecule has 1 N–H and O–H groups in total. The van der Waals surface area contributed by atoms with E-state index >= 15 is 0 Å². The molecule has 4 saturated carbocycles.